The SMILES string of the molecule is O=C(NC1CC1)c1ccc(CN2CCC(C(=O)N3CCCCC3)CC2)cc1. The Kier molecular flexibility index (Phi) is 5.77. The van der Waals surface area contributed by atoms with Gasteiger partial charge < -0.3 is 10.2 Å². The molecule has 0 atom stereocenters. The monoisotopic (exact) mass is 369 g/mol. The van der Waals surface area contributed by atoms with Gasteiger partial charge in [0, 0.05) is 37.2 Å². The first-order valence-corrected chi connectivity index (χ1v) is 10.6. The van der Waals surface area contributed by atoms with Crippen LogP contribution in [0.15, 0.2) is 24.3 Å². The number of likely N-dealkylation sites (tertiary alicyclic amines) is 2. The molecule has 0 bridgehead atoms. The summed E-state index contributed by atoms with van der Waals surface area (Å²) in [6, 6.07) is 8.38. The fourth-order valence-electron chi connectivity index (χ4n) is 4.23. The minimum atomic E-state index is 0.0427. The standard InChI is InChI=1S/C22H31N3O2/c26-21(23-20-8-9-20)18-6-4-17(5-7-18)16-24-14-10-19(11-15-24)22(27)25-12-2-1-3-13-25/h4-7,19-20H,1-3,8-16H2,(H,23,26). The van der Waals surface area contributed by atoms with E-state index in [0.29, 0.717) is 11.9 Å². The van der Waals surface area contributed by atoms with Gasteiger partial charge in [-0.2, -0.15) is 0 Å². The number of nitrogens with one attached hydrogen (secondary N) is 1. The zero-order chi connectivity index (χ0) is 18.6. The number of nitrogens with zero attached hydrogens (tertiary/aromatic N) is 2. The van der Waals surface area contributed by atoms with Crippen LogP contribution in [0.4, 0.5) is 0 Å². The fraction of sp³-hybridized carbons (Fsp3) is 0.636. The van der Waals surface area contributed by atoms with Gasteiger partial charge in [-0.15, -0.1) is 0 Å². The molecule has 27 heavy (non-hydrogen) atoms. The van der Waals surface area contributed by atoms with E-state index in [1.54, 1.807) is 0 Å². The first-order valence-electron chi connectivity index (χ1n) is 10.6. The molecule has 1 aromatic rings. The number of carbonyl (C=O) groups is 2. The Morgan fingerprint density at radius 1 is 0.889 bits per heavy atom. The zero-order valence-corrected chi connectivity index (χ0v) is 16.2. The minimum Gasteiger partial charge on any atom is -0.349 e. The Balaban J connectivity index is 1.24. The molecule has 5 heteroatoms. The van der Waals surface area contributed by atoms with Crippen molar-refractivity contribution in [2.45, 2.75) is 57.5 Å². The summed E-state index contributed by atoms with van der Waals surface area (Å²) in [6.07, 6.45) is 7.76. The van der Waals surface area contributed by atoms with Crippen LogP contribution in [0.25, 0.3) is 0 Å². The molecule has 4 rings (SSSR count). The van der Waals surface area contributed by atoms with Crippen LogP contribution in [-0.2, 0) is 11.3 Å². The summed E-state index contributed by atoms with van der Waals surface area (Å²) in [5, 5.41) is 3.03. The Hall–Kier alpha value is -1.88. The van der Waals surface area contributed by atoms with Gasteiger partial charge in [0.15, 0.2) is 0 Å². The number of benzene rings is 1. The Morgan fingerprint density at radius 3 is 2.19 bits per heavy atom. The molecule has 2 heterocycles. The number of hydrogen-bond donors (Lipinski definition) is 1. The Labute approximate surface area is 162 Å². The van der Waals surface area contributed by atoms with E-state index >= 15 is 0 Å². The van der Waals surface area contributed by atoms with E-state index in [1.165, 1.54) is 24.8 Å². The lowest BCUT2D eigenvalue weighted by molar-refractivity contribution is -0.138. The summed E-state index contributed by atoms with van der Waals surface area (Å²) in [4.78, 5) is 29.3. The van der Waals surface area contributed by atoms with Crippen molar-refractivity contribution in [3.05, 3.63) is 35.4 Å². The van der Waals surface area contributed by atoms with E-state index in [4.69, 9.17) is 0 Å². The molecule has 1 N–H and O–H groups in total. The number of amides is 2. The lowest BCUT2D eigenvalue weighted by Gasteiger charge is -2.35. The van der Waals surface area contributed by atoms with Crippen molar-refractivity contribution in [1.29, 1.82) is 0 Å². The topological polar surface area (TPSA) is 52.7 Å². The smallest absolute Gasteiger partial charge is 0.251 e. The molecular weight excluding hydrogens is 338 g/mol. The summed E-state index contributed by atoms with van der Waals surface area (Å²) < 4.78 is 0. The molecule has 3 aliphatic rings. The minimum absolute atomic E-state index is 0.0427. The number of hydrogen-bond acceptors (Lipinski definition) is 3. The van der Waals surface area contributed by atoms with Crippen LogP contribution >= 0.6 is 0 Å². The maximum absolute atomic E-state index is 12.7. The van der Waals surface area contributed by atoms with Crippen molar-refractivity contribution in [3.63, 3.8) is 0 Å². The van der Waals surface area contributed by atoms with Crippen LogP contribution < -0.4 is 5.32 Å². The van der Waals surface area contributed by atoms with Crippen molar-refractivity contribution in [2.24, 2.45) is 5.92 Å². The molecule has 1 aromatic carbocycles. The quantitative estimate of drug-likeness (QED) is 0.868. The predicted octanol–water partition coefficient (Wildman–Crippen LogP) is 2.80. The molecule has 146 valence electrons. The van der Waals surface area contributed by atoms with E-state index in [1.807, 2.05) is 12.1 Å². The average Bonchev–Trinajstić information content (AvgIpc) is 3.53. The third kappa shape index (κ3) is 4.89. The van der Waals surface area contributed by atoms with E-state index in [9.17, 15) is 9.59 Å². The molecule has 1 aliphatic carbocycles. The van der Waals surface area contributed by atoms with Gasteiger partial charge in [-0.05, 0) is 75.7 Å². The van der Waals surface area contributed by atoms with Gasteiger partial charge in [0.05, 0.1) is 0 Å². The van der Waals surface area contributed by atoms with Crippen LogP contribution in [-0.4, -0.2) is 53.8 Å². The van der Waals surface area contributed by atoms with Crippen molar-refractivity contribution in [1.82, 2.24) is 15.1 Å². The molecule has 1 saturated carbocycles. The second-order valence-corrected chi connectivity index (χ2v) is 8.38. The van der Waals surface area contributed by atoms with Crippen molar-refractivity contribution in [3.8, 4) is 0 Å². The largest absolute Gasteiger partial charge is 0.349 e. The van der Waals surface area contributed by atoms with E-state index in [-0.39, 0.29) is 11.8 Å². The van der Waals surface area contributed by atoms with Gasteiger partial charge in [-0.3, -0.25) is 14.5 Å². The van der Waals surface area contributed by atoms with E-state index in [2.05, 4.69) is 27.2 Å². The summed E-state index contributed by atoms with van der Waals surface area (Å²) in [7, 11) is 0. The van der Waals surface area contributed by atoms with Gasteiger partial charge in [0.1, 0.15) is 0 Å². The van der Waals surface area contributed by atoms with Crippen LogP contribution in [0.5, 0.6) is 0 Å². The highest BCUT2D eigenvalue weighted by molar-refractivity contribution is 5.94. The van der Waals surface area contributed by atoms with Crippen LogP contribution in [0.1, 0.15) is 60.9 Å². The molecule has 2 aliphatic heterocycles. The van der Waals surface area contributed by atoms with E-state index < -0.39 is 0 Å². The number of piperidine rings is 2. The van der Waals surface area contributed by atoms with Gasteiger partial charge in [-0.1, -0.05) is 12.1 Å². The van der Waals surface area contributed by atoms with Gasteiger partial charge in [-0.25, -0.2) is 0 Å². The van der Waals surface area contributed by atoms with Crippen LogP contribution in [0, 0.1) is 5.92 Å². The molecule has 2 saturated heterocycles. The molecule has 0 radical (unpaired) electrons. The Bertz CT molecular complexity index is 655. The summed E-state index contributed by atoms with van der Waals surface area (Å²) >= 11 is 0. The maximum atomic E-state index is 12.7. The van der Waals surface area contributed by atoms with Crippen LogP contribution in [0.3, 0.4) is 0 Å². The molecule has 0 unspecified atom stereocenters. The normalized spacial score (nSPS) is 21.9. The second kappa shape index (κ2) is 8.42. The van der Waals surface area contributed by atoms with E-state index in [0.717, 1.165) is 64.0 Å². The number of carbonyl (C=O) groups excluding carboxylic acids is 2. The predicted molar refractivity (Wildman–Crippen MR) is 105 cm³/mol. The fourth-order valence-corrected chi connectivity index (χ4v) is 4.23. The lowest BCUT2D eigenvalue weighted by atomic mass is 9.94. The highest BCUT2D eigenvalue weighted by Crippen LogP contribution is 2.23. The summed E-state index contributed by atoms with van der Waals surface area (Å²) in [5.41, 5.74) is 1.98. The number of rotatable bonds is 5. The molecule has 0 aromatic heterocycles. The first kappa shape index (κ1) is 18.5. The maximum Gasteiger partial charge on any atom is 0.251 e. The van der Waals surface area contributed by atoms with Crippen molar-refractivity contribution < 1.29 is 9.59 Å². The third-order valence-electron chi connectivity index (χ3n) is 6.14. The third-order valence-corrected chi connectivity index (χ3v) is 6.14. The zero-order valence-electron chi connectivity index (χ0n) is 16.2. The Morgan fingerprint density at radius 2 is 1.56 bits per heavy atom. The first-order chi connectivity index (χ1) is 13.2. The lowest BCUT2D eigenvalue weighted by Crippen LogP contribution is -2.44. The van der Waals surface area contributed by atoms with Gasteiger partial charge >= 0.3 is 0 Å². The average molecular weight is 370 g/mol. The van der Waals surface area contributed by atoms with Crippen molar-refractivity contribution >= 4 is 11.8 Å². The molecule has 3 fully saturated rings. The molecule has 2 amide bonds. The highest BCUT2D eigenvalue weighted by Gasteiger charge is 2.29. The second-order valence-electron chi connectivity index (χ2n) is 8.38. The van der Waals surface area contributed by atoms with Gasteiger partial charge in [0.25, 0.3) is 5.91 Å². The highest BCUT2D eigenvalue weighted by atomic mass is 16.2. The molecule has 0 spiro atoms. The molecular formula is C22H31N3O2. The van der Waals surface area contributed by atoms with Crippen molar-refractivity contribution in [2.75, 3.05) is 26.2 Å². The summed E-state index contributed by atoms with van der Waals surface area (Å²) in [6.45, 7) is 4.77. The van der Waals surface area contributed by atoms with Crippen LogP contribution in [0.2, 0.25) is 0 Å². The van der Waals surface area contributed by atoms with Gasteiger partial charge in [0.2, 0.25) is 5.91 Å². The molecule has 5 nitrogen and oxygen atoms in total. The summed E-state index contributed by atoms with van der Waals surface area (Å²) in [5.74, 6) is 0.648.